The van der Waals surface area contributed by atoms with Crippen molar-refractivity contribution in [3.63, 3.8) is 0 Å². The van der Waals surface area contributed by atoms with E-state index in [4.69, 9.17) is 4.42 Å². The third-order valence-electron chi connectivity index (χ3n) is 4.83. The van der Waals surface area contributed by atoms with Crippen molar-refractivity contribution < 1.29 is 9.21 Å². The molecule has 4 rings (SSSR count). The molecule has 1 aliphatic heterocycles. The van der Waals surface area contributed by atoms with Crippen molar-refractivity contribution in [1.29, 1.82) is 0 Å². The van der Waals surface area contributed by atoms with E-state index in [9.17, 15) is 4.79 Å². The van der Waals surface area contributed by atoms with Crippen molar-refractivity contribution in [2.75, 3.05) is 26.2 Å². The summed E-state index contributed by atoms with van der Waals surface area (Å²) in [5.41, 5.74) is 1.23. The van der Waals surface area contributed by atoms with E-state index in [0.717, 1.165) is 44.9 Å². The highest BCUT2D eigenvalue weighted by Crippen LogP contribution is 2.48. The zero-order chi connectivity index (χ0) is 15.6. The fraction of sp³-hybridized carbons (Fsp3) is 0.444. The first-order valence-electron chi connectivity index (χ1n) is 8.25. The van der Waals surface area contributed by atoms with Gasteiger partial charge in [0.15, 0.2) is 0 Å². The van der Waals surface area contributed by atoms with E-state index in [-0.39, 0.29) is 5.92 Å². The molecular formula is C18H21N3O2. The molecule has 23 heavy (non-hydrogen) atoms. The molecule has 1 saturated carbocycles. The lowest BCUT2D eigenvalue weighted by atomic mass is 10.2. The molecule has 3 heterocycles. The minimum Gasteiger partial charge on any atom is -0.469 e. The van der Waals surface area contributed by atoms with Crippen molar-refractivity contribution in [2.24, 2.45) is 5.92 Å². The summed E-state index contributed by atoms with van der Waals surface area (Å²) < 4.78 is 5.42. The van der Waals surface area contributed by atoms with Crippen LogP contribution in [-0.4, -0.2) is 46.9 Å². The lowest BCUT2D eigenvalue weighted by Gasteiger charge is -2.34. The number of hydrogen-bond acceptors (Lipinski definition) is 4. The Balaban J connectivity index is 1.28. The van der Waals surface area contributed by atoms with Crippen molar-refractivity contribution in [3.8, 4) is 0 Å². The number of rotatable bonds is 4. The maximum absolute atomic E-state index is 12.6. The average Bonchev–Trinajstić information content (AvgIpc) is 3.21. The molecule has 5 heteroatoms. The second kappa shape index (κ2) is 6.16. The van der Waals surface area contributed by atoms with Crippen molar-refractivity contribution in [2.45, 2.75) is 18.9 Å². The van der Waals surface area contributed by atoms with Gasteiger partial charge in [-0.25, -0.2) is 0 Å². The average molecular weight is 311 g/mol. The summed E-state index contributed by atoms with van der Waals surface area (Å²) in [6, 6.07) is 7.94. The van der Waals surface area contributed by atoms with Crippen LogP contribution in [0.15, 0.2) is 47.3 Å². The Morgan fingerprint density at radius 1 is 1.22 bits per heavy atom. The number of carbonyl (C=O) groups is 1. The summed E-state index contributed by atoms with van der Waals surface area (Å²) in [5, 5.41) is 0. The molecule has 120 valence electrons. The number of pyridine rings is 1. The third-order valence-corrected chi connectivity index (χ3v) is 4.83. The summed E-state index contributed by atoms with van der Waals surface area (Å²) in [4.78, 5) is 21.2. The standard InChI is InChI=1S/C18H21N3O2/c22-18(16-11-15(16)17-4-2-10-23-17)21-8-6-20(7-9-21)13-14-3-1-5-19-12-14/h1-5,10,12,15-16H,6-9,11,13H2/t15-,16-/m1/s1. The summed E-state index contributed by atoms with van der Waals surface area (Å²) in [5.74, 6) is 1.68. The molecule has 1 amide bonds. The fourth-order valence-electron chi connectivity index (χ4n) is 3.40. The highest BCUT2D eigenvalue weighted by atomic mass is 16.3. The summed E-state index contributed by atoms with van der Waals surface area (Å²) in [6.45, 7) is 4.41. The van der Waals surface area contributed by atoms with Crippen LogP contribution in [0.5, 0.6) is 0 Å². The van der Waals surface area contributed by atoms with E-state index in [1.165, 1.54) is 5.56 Å². The zero-order valence-electron chi connectivity index (χ0n) is 13.1. The molecule has 2 aromatic rings. The molecule has 2 aliphatic rings. The lowest BCUT2D eigenvalue weighted by molar-refractivity contribution is -0.134. The first-order valence-corrected chi connectivity index (χ1v) is 8.25. The maximum atomic E-state index is 12.6. The molecule has 0 spiro atoms. The number of hydrogen-bond donors (Lipinski definition) is 0. The number of piperazine rings is 1. The van der Waals surface area contributed by atoms with Crippen molar-refractivity contribution in [1.82, 2.24) is 14.8 Å². The highest BCUT2D eigenvalue weighted by molar-refractivity contribution is 5.83. The molecule has 2 aromatic heterocycles. The van der Waals surface area contributed by atoms with Gasteiger partial charge in [0.2, 0.25) is 5.91 Å². The molecule has 5 nitrogen and oxygen atoms in total. The second-order valence-corrected chi connectivity index (χ2v) is 6.43. The number of aromatic nitrogens is 1. The predicted molar refractivity (Wildman–Crippen MR) is 85.7 cm³/mol. The molecule has 0 aromatic carbocycles. The van der Waals surface area contributed by atoms with E-state index >= 15 is 0 Å². The molecule has 0 unspecified atom stereocenters. The van der Waals surface area contributed by atoms with Crippen LogP contribution in [-0.2, 0) is 11.3 Å². The molecule has 0 bridgehead atoms. The van der Waals surface area contributed by atoms with Crippen molar-refractivity contribution >= 4 is 5.91 Å². The van der Waals surface area contributed by atoms with Gasteiger partial charge in [-0.2, -0.15) is 0 Å². The van der Waals surface area contributed by atoms with Gasteiger partial charge in [-0.1, -0.05) is 6.07 Å². The number of furan rings is 1. The van der Waals surface area contributed by atoms with Crippen LogP contribution in [0.2, 0.25) is 0 Å². The monoisotopic (exact) mass is 311 g/mol. The van der Waals surface area contributed by atoms with Gasteiger partial charge in [0.1, 0.15) is 5.76 Å². The quantitative estimate of drug-likeness (QED) is 0.868. The first-order chi connectivity index (χ1) is 11.3. The molecule has 2 atom stereocenters. The van der Waals surface area contributed by atoms with Gasteiger partial charge in [-0.15, -0.1) is 0 Å². The van der Waals surface area contributed by atoms with Crippen LogP contribution in [0.4, 0.5) is 0 Å². The first kappa shape index (κ1) is 14.5. The van der Waals surface area contributed by atoms with E-state index in [0.29, 0.717) is 11.8 Å². The van der Waals surface area contributed by atoms with Gasteiger partial charge in [-0.3, -0.25) is 14.7 Å². The van der Waals surface area contributed by atoms with Gasteiger partial charge >= 0.3 is 0 Å². The van der Waals surface area contributed by atoms with Gasteiger partial charge < -0.3 is 9.32 Å². The van der Waals surface area contributed by atoms with Gasteiger partial charge in [0.25, 0.3) is 0 Å². The SMILES string of the molecule is O=C([C@@H]1C[C@H]1c1ccco1)N1CCN(Cc2cccnc2)CC1. The molecule has 0 N–H and O–H groups in total. The van der Waals surface area contributed by atoms with E-state index in [1.807, 2.05) is 29.3 Å². The Morgan fingerprint density at radius 3 is 2.78 bits per heavy atom. The van der Waals surface area contributed by atoms with Gasteiger partial charge in [0, 0.05) is 57.0 Å². The number of amides is 1. The van der Waals surface area contributed by atoms with E-state index < -0.39 is 0 Å². The van der Waals surface area contributed by atoms with Crippen LogP contribution in [0.1, 0.15) is 23.7 Å². The molecular weight excluding hydrogens is 290 g/mol. The maximum Gasteiger partial charge on any atom is 0.226 e. The summed E-state index contributed by atoms with van der Waals surface area (Å²) >= 11 is 0. The summed E-state index contributed by atoms with van der Waals surface area (Å²) in [6.07, 6.45) is 6.33. The van der Waals surface area contributed by atoms with Crippen LogP contribution in [0.25, 0.3) is 0 Å². The van der Waals surface area contributed by atoms with Gasteiger partial charge in [-0.05, 0) is 30.2 Å². The highest BCUT2D eigenvalue weighted by Gasteiger charge is 2.47. The smallest absolute Gasteiger partial charge is 0.226 e. The second-order valence-electron chi connectivity index (χ2n) is 6.43. The molecule has 1 aliphatic carbocycles. The van der Waals surface area contributed by atoms with Crippen LogP contribution < -0.4 is 0 Å². The number of carbonyl (C=O) groups excluding carboxylic acids is 1. The Hall–Kier alpha value is -2.14. The third kappa shape index (κ3) is 3.15. The zero-order valence-corrected chi connectivity index (χ0v) is 13.1. The summed E-state index contributed by atoms with van der Waals surface area (Å²) in [7, 11) is 0. The predicted octanol–water partition coefficient (Wildman–Crippen LogP) is 2.12. The minimum absolute atomic E-state index is 0.131. The normalized spacial score (nSPS) is 24.6. The molecule has 1 saturated heterocycles. The van der Waals surface area contributed by atoms with E-state index in [1.54, 1.807) is 12.5 Å². The Labute approximate surface area is 135 Å². The van der Waals surface area contributed by atoms with Crippen LogP contribution in [0.3, 0.4) is 0 Å². The molecule has 2 fully saturated rings. The number of nitrogens with zero attached hydrogens (tertiary/aromatic N) is 3. The Morgan fingerprint density at radius 2 is 2.09 bits per heavy atom. The van der Waals surface area contributed by atoms with Gasteiger partial charge in [0.05, 0.1) is 6.26 Å². The van der Waals surface area contributed by atoms with Crippen LogP contribution in [0, 0.1) is 5.92 Å². The van der Waals surface area contributed by atoms with Crippen molar-refractivity contribution in [3.05, 3.63) is 54.2 Å². The fourth-order valence-corrected chi connectivity index (χ4v) is 3.40. The van der Waals surface area contributed by atoms with E-state index in [2.05, 4.69) is 16.0 Å². The topological polar surface area (TPSA) is 49.6 Å². The Kier molecular flexibility index (Phi) is 3.87. The lowest BCUT2D eigenvalue weighted by Crippen LogP contribution is -2.48. The van der Waals surface area contributed by atoms with Crippen LogP contribution >= 0.6 is 0 Å². The Bertz CT molecular complexity index is 648. The molecule has 0 radical (unpaired) electrons. The largest absolute Gasteiger partial charge is 0.469 e. The minimum atomic E-state index is 0.131.